The first-order valence-electron chi connectivity index (χ1n) is 5.34. The second-order valence-corrected chi connectivity index (χ2v) is 4.58. The molecule has 0 spiro atoms. The van der Waals surface area contributed by atoms with Crippen LogP contribution in [0.5, 0.6) is 5.75 Å². The van der Waals surface area contributed by atoms with Crippen molar-refractivity contribution in [1.29, 1.82) is 0 Å². The second-order valence-electron chi connectivity index (χ2n) is 3.42. The lowest BCUT2D eigenvalue weighted by atomic mass is 10.3. The van der Waals surface area contributed by atoms with Crippen molar-refractivity contribution < 1.29 is 9.13 Å². The molecule has 0 saturated carbocycles. The van der Waals surface area contributed by atoms with Crippen LogP contribution in [-0.4, -0.2) is 16.1 Å². The van der Waals surface area contributed by atoms with Crippen molar-refractivity contribution >= 4 is 28.1 Å². The Labute approximate surface area is 113 Å². The molecule has 0 saturated heterocycles. The van der Waals surface area contributed by atoms with Gasteiger partial charge in [0, 0.05) is 18.1 Å². The first kappa shape index (κ1) is 13.0. The van der Waals surface area contributed by atoms with E-state index in [0.29, 0.717) is 5.69 Å². The van der Waals surface area contributed by atoms with Crippen LogP contribution < -0.4 is 10.1 Å². The maximum Gasteiger partial charge on any atom is 0.174 e. The normalized spacial score (nSPS) is 10.4. The molecule has 1 aromatic carbocycles. The number of hydrogen-bond donors (Lipinski definition) is 1. The van der Waals surface area contributed by atoms with Crippen molar-refractivity contribution in [2.75, 3.05) is 11.9 Å². The largest absolute Gasteiger partial charge is 0.482 e. The van der Waals surface area contributed by atoms with Gasteiger partial charge in [-0.3, -0.25) is 0 Å². The summed E-state index contributed by atoms with van der Waals surface area (Å²) in [5, 5.41) is 8.10. The van der Waals surface area contributed by atoms with Gasteiger partial charge in [0.15, 0.2) is 11.6 Å². The topological polar surface area (TPSA) is 47.0 Å². The molecule has 4 nitrogen and oxygen atoms in total. The maximum atomic E-state index is 13.5. The first-order chi connectivity index (χ1) is 8.72. The van der Waals surface area contributed by atoms with Crippen LogP contribution in [0.2, 0.25) is 5.02 Å². The minimum atomic E-state index is -0.490. The highest BCUT2D eigenvalue weighted by Crippen LogP contribution is 2.28. The lowest BCUT2D eigenvalue weighted by molar-refractivity contribution is 0.286. The van der Waals surface area contributed by atoms with Crippen LogP contribution in [0.25, 0.3) is 0 Å². The standard InChI is InChI=1S/C11H11ClFN3OS/c1-2-14-11-9(15-16-18-11)6-17-10-7(12)4-3-5-8(10)13/h3-5,14H,2,6H2,1H3. The summed E-state index contributed by atoms with van der Waals surface area (Å²) >= 11 is 7.10. The van der Waals surface area contributed by atoms with Crippen molar-refractivity contribution in [2.24, 2.45) is 0 Å². The maximum absolute atomic E-state index is 13.5. The van der Waals surface area contributed by atoms with Crippen LogP contribution >= 0.6 is 23.1 Å². The Hall–Kier alpha value is -1.40. The van der Waals surface area contributed by atoms with E-state index in [-0.39, 0.29) is 17.4 Å². The average Bonchev–Trinajstić information content (AvgIpc) is 2.77. The minimum absolute atomic E-state index is 0.0367. The number of hydrogen-bond acceptors (Lipinski definition) is 5. The molecule has 1 N–H and O–H groups in total. The number of nitrogens with zero attached hydrogens (tertiary/aromatic N) is 2. The SMILES string of the molecule is CCNc1snnc1COc1c(F)cccc1Cl. The van der Waals surface area contributed by atoms with Gasteiger partial charge in [-0.2, -0.15) is 0 Å². The van der Waals surface area contributed by atoms with Crippen LogP contribution in [0.4, 0.5) is 9.39 Å². The van der Waals surface area contributed by atoms with Crippen molar-refractivity contribution in [1.82, 2.24) is 9.59 Å². The summed E-state index contributed by atoms with van der Waals surface area (Å²) in [5.41, 5.74) is 0.640. The summed E-state index contributed by atoms with van der Waals surface area (Å²) < 4.78 is 22.6. The highest BCUT2D eigenvalue weighted by molar-refractivity contribution is 7.10. The Morgan fingerprint density at radius 2 is 2.33 bits per heavy atom. The van der Waals surface area contributed by atoms with Gasteiger partial charge < -0.3 is 10.1 Å². The predicted octanol–water partition coefficient (Wildman–Crippen LogP) is 3.34. The lowest BCUT2D eigenvalue weighted by Crippen LogP contribution is -2.03. The monoisotopic (exact) mass is 287 g/mol. The number of anilines is 1. The van der Waals surface area contributed by atoms with E-state index in [4.69, 9.17) is 16.3 Å². The number of ether oxygens (including phenoxy) is 1. The molecule has 0 bridgehead atoms. The van der Waals surface area contributed by atoms with E-state index in [0.717, 1.165) is 11.5 Å². The fourth-order valence-electron chi connectivity index (χ4n) is 1.36. The average molecular weight is 288 g/mol. The number of para-hydroxylation sites is 1. The molecule has 0 radical (unpaired) electrons. The Morgan fingerprint density at radius 1 is 1.50 bits per heavy atom. The van der Waals surface area contributed by atoms with Crippen molar-refractivity contribution in [2.45, 2.75) is 13.5 Å². The molecule has 2 aromatic rings. The zero-order valence-corrected chi connectivity index (χ0v) is 11.2. The Balaban J connectivity index is 2.09. The number of rotatable bonds is 5. The van der Waals surface area contributed by atoms with Gasteiger partial charge in [-0.05, 0) is 19.1 Å². The number of nitrogens with one attached hydrogen (secondary N) is 1. The van der Waals surface area contributed by atoms with E-state index in [1.165, 1.54) is 23.7 Å². The summed E-state index contributed by atoms with van der Waals surface area (Å²) in [7, 11) is 0. The fraction of sp³-hybridized carbons (Fsp3) is 0.273. The molecule has 0 fully saturated rings. The first-order valence-corrected chi connectivity index (χ1v) is 6.49. The van der Waals surface area contributed by atoms with Crippen LogP contribution in [0.1, 0.15) is 12.6 Å². The number of benzene rings is 1. The molecule has 0 aliphatic heterocycles. The smallest absolute Gasteiger partial charge is 0.174 e. The summed E-state index contributed by atoms with van der Waals surface area (Å²) in [6.45, 7) is 2.86. The van der Waals surface area contributed by atoms with Crippen LogP contribution in [0.15, 0.2) is 18.2 Å². The zero-order valence-electron chi connectivity index (χ0n) is 9.61. The van der Waals surface area contributed by atoms with Gasteiger partial charge >= 0.3 is 0 Å². The third-order valence-corrected chi connectivity index (χ3v) is 3.19. The van der Waals surface area contributed by atoms with Crippen molar-refractivity contribution in [3.05, 3.63) is 34.7 Å². The second kappa shape index (κ2) is 5.97. The molecule has 7 heteroatoms. The third-order valence-electron chi connectivity index (χ3n) is 2.17. The van der Waals surface area contributed by atoms with E-state index in [1.807, 2.05) is 6.92 Å². The zero-order chi connectivity index (χ0) is 13.0. The highest BCUT2D eigenvalue weighted by atomic mass is 35.5. The Morgan fingerprint density at radius 3 is 3.06 bits per heavy atom. The molecule has 0 amide bonds. The molecule has 96 valence electrons. The third kappa shape index (κ3) is 2.88. The van der Waals surface area contributed by atoms with Gasteiger partial charge in [0.1, 0.15) is 17.3 Å². The van der Waals surface area contributed by atoms with Crippen LogP contribution in [-0.2, 0) is 6.61 Å². The molecule has 0 atom stereocenters. The van der Waals surface area contributed by atoms with Crippen molar-refractivity contribution in [3.8, 4) is 5.75 Å². The molecule has 1 aromatic heterocycles. The Bertz CT molecular complexity index is 515. The minimum Gasteiger partial charge on any atom is -0.482 e. The van der Waals surface area contributed by atoms with Crippen LogP contribution in [0.3, 0.4) is 0 Å². The van der Waals surface area contributed by atoms with E-state index in [1.54, 1.807) is 6.07 Å². The molecule has 1 heterocycles. The summed E-state index contributed by atoms with van der Waals surface area (Å²) in [6.07, 6.45) is 0. The predicted molar refractivity (Wildman–Crippen MR) is 69.8 cm³/mol. The molecule has 18 heavy (non-hydrogen) atoms. The van der Waals surface area contributed by atoms with Gasteiger partial charge in [-0.25, -0.2) is 4.39 Å². The Kier molecular flexibility index (Phi) is 4.33. The molecule has 0 aliphatic rings. The molecule has 0 aliphatic carbocycles. The summed E-state index contributed by atoms with van der Waals surface area (Å²) in [5.74, 6) is -0.453. The van der Waals surface area contributed by atoms with E-state index in [9.17, 15) is 4.39 Å². The summed E-state index contributed by atoms with van der Waals surface area (Å²) in [6, 6.07) is 4.40. The van der Waals surface area contributed by atoms with E-state index < -0.39 is 5.82 Å². The van der Waals surface area contributed by atoms with Gasteiger partial charge in [0.2, 0.25) is 0 Å². The summed E-state index contributed by atoms with van der Waals surface area (Å²) in [4.78, 5) is 0. The number of halogens is 2. The van der Waals surface area contributed by atoms with E-state index in [2.05, 4.69) is 14.9 Å². The molecular weight excluding hydrogens is 277 g/mol. The van der Waals surface area contributed by atoms with Gasteiger partial charge in [0.05, 0.1) is 5.02 Å². The molecule has 2 rings (SSSR count). The van der Waals surface area contributed by atoms with Crippen molar-refractivity contribution in [3.63, 3.8) is 0 Å². The lowest BCUT2D eigenvalue weighted by Gasteiger charge is -2.08. The van der Waals surface area contributed by atoms with Gasteiger partial charge in [-0.15, -0.1) is 5.10 Å². The molecule has 0 unspecified atom stereocenters. The molecular formula is C11H11ClFN3OS. The van der Waals surface area contributed by atoms with E-state index >= 15 is 0 Å². The van der Waals surface area contributed by atoms with Crippen LogP contribution in [0, 0.1) is 5.82 Å². The number of aromatic nitrogens is 2. The highest BCUT2D eigenvalue weighted by Gasteiger charge is 2.12. The fourth-order valence-corrected chi connectivity index (χ4v) is 2.21. The van der Waals surface area contributed by atoms with Gasteiger partial charge in [0.25, 0.3) is 0 Å². The quantitative estimate of drug-likeness (QED) is 0.916. The van der Waals surface area contributed by atoms with Gasteiger partial charge in [-0.1, -0.05) is 22.2 Å².